The molecular weight excluding hydrogens is 268 g/mol. The van der Waals surface area contributed by atoms with Crippen LogP contribution in [-0.2, 0) is 9.59 Å². The predicted octanol–water partition coefficient (Wildman–Crippen LogP) is 2.03. The molecule has 0 saturated carbocycles. The normalized spacial score (nSPS) is 12.2. The molecule has 0 spiro atoms. The van der Waals surface area contributed by atoms with E-state index in [9.17, 15) is 9.59 Å². The molecule has 1 amide bonds. The number of carboxylic acid groups (broad SMARTS) is 1. The van der Waals surface area contributed by atoms with Crippen molar-refractivity contribution in [1.29, 1.82) is 0 Å². The van der Waals surface area contributed by atoms with E-state index < -0.39 is 5.97 Å². The van der Waals surface area contributed by atoms with Crippen molar-refractivity contribution in [1.82, 2.24) is 0 Å². The number of carboxylic acids is 1. The van der Waals surface area contributed by atoms with Crippen molar-refractivity contribution >= 4 is 17.6 Å². The molecule has 5 heteroatoms. The summed E-state index contributed by atoms with van der Waals surface area (Å²) in [5, 5.41) is 8.88. The Labute approximate surface area is 125 Å². The van der Waals surface area contributed by atoms with Gasteiger partial charge in [-0.05, 0) is 25.0 Å². The zero-order chi connectivity index (χ0) is 16.0. The molecule has 1 aromatic carbocycles. The third-order valence-corrected chi connectivity index (χ3v) is 3.54. The SMILES string of the molecule is Cc1ccc(N(CCC(=O)O)C(=O)C(CN)C(C)C)cc1. The summed E-state index contributed by atoms with van der Waals surface area (Å²) in [6, 6.07) is 7.48. The number of aliphatic carboxylic acids is 1. The quantitative estimate of drug-likeness (QED) is 0.805. The molecule has 21 heavy (non-hydrogen) atoms. The summed E-state index contributed by atoms with van der Waals surface area (Å²) in [5.74, 6) is -1.23. The Hall–Kier alpha value is -1.88. The Balaban J connectivity index is 3.03. The maximum Gasteiger partial charge on any atom is 0.305 e. The lowest BCUT2D eigenvalue weighted by Gasteiger charge is -2.28. The number of amides is 1. The maximum absolute atomic E-state index is 12.7. The van der Waals surface area contributed by atoms with Gasteiger partial charge in [0.1, 0.15) is 0 Å². The van der Waals surface area contributed by atoms with Gasteiger partial charge >= 0.3 is 5.97 Å². The Morgan fingerprint density at radius 3 is 2.24 bits per heavy atom. The Kier molecular flexibility index (Phi) is 6.37. The summed E-state index contributed by atoms with van der Waals surface area (Å²) in [6.07, 6.45) is -0.0883. The first-order valence-electron chi connectivity index (χ1n) is 7.16. The van der Waals surface area contributed by atoms with Gasteiger partial charge < -0.3 is 15.7 Å². The molecule has 0 aromatic heterocycles. The van der Waals surface area contributed by atoms with Gasteiger partial charge in [-0.1, -0.05) is 31.5 Å². The smallest absolute Gasteiger partial charge is 0.305 e. The molecular formula is C16H24N2O3. The van der Waals surface area contributed by atoms with Gasteiger partial charge in [0, 0.05) is 18.8 Å². The van der Waals surface area contributed by atoms with Crippen LogP contribution in [0.3, 0.4) is 0 Å². The molecule has 0 heterocycles. The Morgan fingerprint density at radius 2 is 1.81 bits per heavy atom. The average molecular weight is 292 g/mol. The number of aryl methyl sites for hydroxylation is 1. The molecule has 0 aliphatic carbocycles. The van der Waals surface area contributed by atoms with E-state index in [0.29, 0.717) is 5.69 Å². The van der Waals surface area contributed by atoms with Crippen LogP contribution in [0.5, 0.6) is 0 Å². The standard InChI is InChI=1S/C16H24N2O3/c1-11(2)14(10-17)16(21)18(9-8-15(19)20)13-6-4-12(3)5-7-13/h4-7,11,14H,8-10,17H2,1-3H3,(H,19,20). The summed E-state index contributed by atoms with van der Waals surface area (Å²) < 4.78 is 0. The number of nitrogens with zero attached hydrogens (tertiary/aromatic N) is 1. The minimum absolute atomic E-state index is 0.0883. The van der Waals surface area contributed by atoms with Gasteiger partial charge in [-0.3, -0.25) is 9.59 Å². The molecule has 0 fully saturated rings. The van der Waals surface area contributed by atoms with E-state index in [4.69, 9.17) is 10.8 Å². The van der Waals surface area contributed by atoms with Crippen LogP contribution in [-0.4, -0.2) is 30.1 Å². The summed E-state index contributed by atoms with van der Waals surface area (Å²) in [6.45, 7) is 6.26. The molecule has 0 radical (unpaired) electrons. The zero-order valence-electron chi connectivity index (χ0n) is 12.9. The van der Waals surface area contributed by atoms with E-state index >= 15 is 0 Å². The highest BCUT2D eigenvalue weighted by Gasteiger charge is 2.27. The fraction of sp³-hybridized carbons (Fsp3) is 0.500. The van der Waals surface area contributed by atoms with E-state index in [1.54, 1.807) is 0 Å². The highest BCUT2D eigenvalue weighted by atomic mass is 16.4. The molecule has 0 saturated heterocycles. The molecule has 5 nitrogen and oxygen atoms in total. The predicted molar refractivity (Wildman–Crippen MR) is 83.2 cm³/mol. The first-order valence-corrected chi connectivity index (χ1v) is 7.16. The van der Waals surface area contributed by atoms with Gasteiger partial charge in [-0.15, -0.1) is 0 Å². The molecule has 0 bridgehead atoms. The Morgan fingerprint density at radius 1 is 1.24 bits per heavy atom. The first-order chi connectivity index (χ1) is 9.86. The van der Waals surface area contributed by atoms with Gasteiger partial charge in [-0.2, -0.15) is 0 Å². The van der Waals surface area contributed by atoms with E-state index in [0.717, 1.165) is 5.56 Å². The molecule has 1 rings (SSSR count). The number of anilines is 1. The van der Waals surface area contributed by atoms with Crippen molar-refractivity contribution in [2.24, 2.45) is 17.6 Å². The molecule has 1 atom stereocenters. The highest BCUT2D eigenvalue weighted by Crippen LogP contribution is 2.21. The average Bonchev–Trinajstić information content (AvgIpc) is 2.41. The Bertz CT molecular complexity index is 483. The first kappa shape index (κ1) is 17.2. The summed E-state index contributed by atoms with van der Waals surface area (Å²) in [5.41, 5.74) is 7.51. The van der Waals surface area contributed by atoms with Crippen LogP contribution in [0.4, 0.5) is 5.69 Å². The molecule has 0 aliphatic rings. The highest BCUT2D eigenvalue weighted by molar-refractivity contribution is 5.95. The van der Waals surface area contributed by atoms with Crippen molar-refractivity contribution in [2.75, 3.05) is 18.0 Å². The van der Waals surface area contributed by atoms with E-state index in [1.165, 1.54) is 4.90 Å². The summed E-state index contributed by atoms with van der Waals surface area (Å²) in [7, 11) is 0. The van der Waals surface area contributed by atoms with E-state index in [1.807, 2.05) is 45.0 Å². The lowest BCUT2D eigenvalue weighted by molar-refractivity contribution is -0.136. The number of carbonyl (C=O) groups excluding carboxylic acids is 1. The van der Waals surface area contributed by atoms with Crippen LogP contribution in [0.1, 0.15) is 25.8 Å². The second-order valence-electron chi connectivity index (χ2n) is 5.56. The summed E-state index contributed by atoms with van der Waals surface area (Å²) in [4.78, 5) is 25.0. The molecule has 1 aromatic rings. The van der Waals surface area contributed by atoms with Crippen molar-refractivity contribution in [3.63, 3.8) is 0 Å². The van der Waals surface area contributed by atoms with Crippen LogP contribution < -0.4 is 10.6 Å². The largest absolute Gasteiger partial charge is 0.481 e. The number of hydrogen-bond acceptors (Lipinski definition) is 3. The van der Waals surface area contributed by atoms with Crippen molar-refractivity contribution in [2.45, 2.75) is 27.2 Å². The third-order valence-electron chi connectivity index (χ3n) is 3.54. The lowest BCUT2D eigenvalue weighted by Crippen LogP contribution is -2.42. The number of rotatable bonds is 7. The molecule has 0 aliphatic heterocycles. The van der Waals surface area contributed by atoms with Gasteiger partial charge in [0.25, 0.3) is 0 Å². The number of benzene rings is 1. The second-order valence-corrected chi connectivity index (χ2v) is 5.56. The monoisotopic (exact) mass is 292 g/mol. The third kappa shape index (κ3) is 4.86. The van der Waals surface area contributed by atoms with Crippen molar-refractivity contribution in [3.05, 3.63) is 29.8 Å². The summed E-state index contributed by atoms with van der Waals surface area (Å²) >= 11 is 0. The topological polar surface area (TPSA) is 83.6 Å². The number of nitrogens with two attached hydrogens (primary N) is 1. The van der Waals surface area contributed by atoms with Crippen LogP contribution in [0.15, 0.2) is 24.3 Å². The number of hydrogen-bond donors (Lipinski definition) is 2. The fourth-order valence-corrected chi connectivity index (χ4v) is 2.16. The molecule has 116 valence electrons. The van der Waals surface area contributed by atoms with Crippen molar-refractivity contribution in [3.8, 4) is 0 Å². The minimum Gasteiger partial charge on any atom is -0.481 e. The second kappa shape index (κ2) is 7.78. The van der Waals surface area contributed by atoms with Crippen LogP contribution in [0.2, 0.25) is 0 Å². The minimum atomic E-state index is -0.922. The zero-order valence-corrected chi connectivity index (χ0v) is 12.9. The van der Waals surface area contributed by atoms with Crippen LogP contribution in [0, 0.1) is 18.8 Å². The van der Waals surface area contributed by atoms with Gasteiger partial charge in [0.2, 0.25) is 5.91 Å². The lowest BCUT2D eigenvalue weighted by atomic mass is 9.94. The van der Waals surface area contributed by atoms with E-state index in [2.05, 4.69) is 0 Å². The maximum atomic E-state index is 12.7. The van der Waals surface area contributed by atoms with Crippen LogP contribution in [0.25, 0.3) is 0 Å². The van der Waals surface area contributed by atoms with Gasteiger partial charge in [-0.25, -0.2) is 0 Å². The fourth-order valence-electron chi connectivity index (χ4n) is 2.16. The van der Waals surface area contributed by atoms with Crippen molar-refractivity contribution < 1.29 is 14.7 Å². The van der Waals surface area contributed by atoms with E-state index in [-0.39, 0.29) is 37.3 Å². The van der Waals surface area contributed by atoms with Crippen LogP contribution >= 0.6 is 0 Å². The van der Waals surface area contributed by atoms with Gasteiger partial charge in [0.15, 0.2) is 0 Å². The molecule has 3 N–H and O–H groups in total. The number of carbonyl (C=O) groups is 2. The molecule has 1 unspecified atom stereocenters. The van der Waals surface area contributed by atoms with Gasteiger partial charge in [0.05, 0.1) is 12.3 Å².